The minimum atomic E-state index is -4.74. The topological polar surface area (TPSA) is 93.2 Å². The van der Waals surface area contributed by atoms with Crippen molar-refractivity contribution in [1.82, 2.24) is 20.0 Å². The highest BCUT2D eigenvalue weighted by molar-refractivity contribution is 6.00. The number of aromatic nitrogens is 2. The Morgan fingerprint density at radius 1 is 1.23 bits per heavy atom. The van der Waals surface area contributed by atoms with E-state index >= 15 is 0 Å². The van der Waals surface area contributed by atoms with Gasteiger partial charge in [-0.1, -0.05) is 0 Å². The molecule has 0 fully saturated rings. The average Bonchev–Trinajstić information content (AvgIpc) is 3.00. The molecule has 3 rings (SSSR count). The van der Waals surface area contributed by atoms with E-state index in [9.17, 15) is 27.2 Å². The Kier molecular flexibility index (Phi) is 5.49. The number of alkyl halides is 3. The van der Waals surface area contributed by atoms with Crippen molar-refractivity contribution in [3.8, 4) is 11.3 Å². The summed E-state index contributed by atoms with van der Waals surface area (Å²) in [5, 5.41) is 6.67. The standard InChI is InChI=1S/C20H23F4N5O2/c1-10-7-11(5-6-12(10)21)16-15(17(25)30)13-8-28(18(31)26-19(2,3)4)9-14(20(22,23)24)29(13)27-16/h5-7,14H,8-9H2,1-4H3,(H2,25,30)(H,26,31). The number of fused-ring (bicyclic) bond motifs is 1. The van der Waals surface area contributed by atoms with Crippen LogP contribution in [0.15, 0.2) is 18.2 Å². The van der Waals surface area contributed by atoms with E-state index in [1.807, 2.05) is 0 Å². The molecule has 3 amide bonds. The summed E-state index contributed by atoms with van der Waals surface area (Å²) in [6.45, 7) is 5.61. The van der Waals surface area contributed by atoms with E-state index in [0.29, 0.717) is 4.68 Å². The van der Waals surface area contributed by atoms with Gasteiger partial charge in [-0.15, -0.1) is 0 Å². The van der Waals surface area contributed by atoms with E-state index in [0.717, 1.165) is 11.0 Å². The first kappa shape index (κ1) is 22.6. The normalized spacial score (nSPS) is 16.8. The molecule has 0 bridgehead atoms. The highest BCUT2D eigenvalue weighted by atomic mass is 19.4. The van der Waals surface area contributed by atoms with E-state index in [4.69, 9.17) is 5.73 Å². The lowest BCUT2D eigenvalue weighted by Crippen LogP contribution is -2.53. The molecule has 3 N–H and O–H groups in total. The molecular formula is C20H23F4N5O2. The van der Waals surface area contributed by atoms with Crippen molar-refractivity contribution in [2.75, 3.05) is 6.54 Å². The number of primary amides is 1. The van der Waals surface area contributed by atoms with Crippen LogP contribution in [0.3, 0.4) is 0 Å². The minimum absolute atomic E-state index is 0.0853. The van der Waals surface area contributed by atoms with Gasteiger partial charge in [-0.3, -0.25) is 9.48 Å². The summed E-state index contributed by atoms with van der Waals surface area (Å²) in [5.41, 5.74) is 4.87. The van der Waals surface area contributed by atoms with Gasteiger partial charge in [0.25, 0.3) is 5.91 Å². The fourth-order valence-electron chi connectivity index (χ4n) is 3.46. The Bertz CT molecular complexity index is 1040. The number of halogens is 4. The summed E-state index contributed by atoms with van der Waals surface area (Å²) in [7, 11) is 0. The third-order valence-corrected chi connectivity index (χ3v) is 4.86. The largest absolute Gasteiger partial charge is 0.412 e. The van der Waals surface area contributed by atoms with Gasteiger partial charge in [-0.05, 0) is 51.5 Å². The molecule has 31 heavy (non-hydrogen) atoms. The number of hydrogen-bond donors (Lipinski definition) is 2. The van der Waals surface area contributed by atoms with Crippen LogP contribution in [0.25, 0.3) is 11.3 Å². The van der Waals surface area contributed by atoms with Gasteiger partial charge in [0.1, 0.15) is 11.5 Å². The van der Waals surface area contributed by atoms with Crippen LogP contribution in [0, 0.1) is 12.7 Å². The maximum absolute atomic E-state index is 13.9. The monoisotopic (exact) mass is 441 g/mol. The van der Waals surface area contributed by atoms with Gasteiger partial charge in [0.05, 0.1) is 24.3 Å². The van der Waals surface area contributed by atoms with Crippen molar-refractivity contribution in [1.29, 1.82) is 0 Å². The summed E-state index contributed by atoms with van der Waals surface area (Å²) in [4.78, 5) is 25.8. The Morgan fingerprint density at radius 2 is 1.87 bits per heavy atom. The zero-order valence-corrected chi connectivity index (χ0v) is 17.5. The Labute approximate surface area is 176 Å². The van der Waals surface area contributed by atoms with Crippen molar-refractivity contribution >= 4 is 11.9 Å². The molecule has 2 heterocycles. The predicted octanol–water partition coefficient (Wildman–Crippen LogP) is 3.52. The molecule has 7 nitrogen and oxygen atoms in total. The molecule has 0 aliphatic carbocycles. The van der Waals surface area contributed by atoms with Crippen molar-refractivity contribution in [2.45, 2.75) is 52.0 Å². The van der Waals surface area contributed by atoms with Crippen LogP contribution in [-0.2, 0) is 6.54 Å². The van der Waals surface area contributed by atoms with Crippen molar-refractivity contribution in [3.63, 3.8) is 0 Å². The smallest absolute Gasteiger partial charge is 0.365 e. The highest BCUT2D eigenvalue weighted by Gasteiger charge is 2.48. The molecule has 1 atom stereocenters. The lowest BCUT2D eigenvalue weighted by molar-refractivity contribution is -0.177. The summed E-state index contributed by atoms with van der Waals surface area (Å²) in [6, 6.07) is 0.954. The predicted molar refractivity (Wildman–Crippen MR) is 105 cm³/mol. The second kappa shape index (κ2) is 7.54. The average molecular weight is 441 g/mol. The number of nitrogens with one attached hydrogen (secondary N) is 1. The van der Waals surface area contributed by atoms with Crippen LogP contribution >= 0.6 is 0 Å². The number of aryl methyl sites for hydroxylation is 1. The van der Waals surface area contributed by atoms with Gasteiger partial charge in [-0.25, -0.2) is 9.18 Å². The number of hydrogen-bond acceptors (Lipinski definition) is 3. The quantitative estimate of drug-likeness (QED) is 0.699. The summed E-state index contributed by atoms with van der Waals surface area (Å²) < 4.78 is 56.0. The number of carbonyl (C=O) groups excluding carboxylic acids is 2. The third-order valence-electron chi connectivity index (χ3n) is 4.86. The van der Waals surface area contributed by atoms with Crippen LogP contribution in [-0.4, -0.2) is 44.9 Å². The molecule has 1 unspecified atom stereocenters. The zero-order valence-electron chi connectivity index (χ0n) is 17.5. The minimum Gasteiger partial charge on any atom is -0.365 e. The first-order chi connectivity index (χ1) is 14.2. The van der Waals surface area contributed by atoms with Crippen molar-refractivity contribution in [3.05, 3.63) is 40.8 Å². The highest BCUT2D eigenvalue weighted by Crippen LogP contribution is 2.39. The van der Waals surface area contributed by atoms with Crippen LogP contribution < -0.4 is 11.1 Å². The van der Waals surface area contributed by atoms with E-state index in [-0.39, 0.29) is 34.6 Å². The third kappa shape index (κ3) is 4.49. The fraction of sp³-hybridized carbons (Fsp3) is 0.450. The number of rotatable bonds is 2. The number of carbonyl (C=O) groups is 2. The van der Waals surface area contributed by atoms with Gasteiger partial charge in [0.2, 0.25) is 0 Å². The Hall–Kier alpha value is -3.11. The number of benzene rings is 1. The molecule has 11 heteroatoms. The second-order valence-corrected chi connectivity index (χ2v) is 8.56. The van der Waals surface area contributed by atoms with Crippen LogP contribution in [0.2, 0.25) is 0 Å². The van der Waals surface area contributed by atoms with Gasteiger partial charge < -0.3 is 16.0 Å². The maximum Gasteiger partial charge on any atom is 0.412 e. The lowest BCUT2D eigenvalue weighted by Gasteiger charge is -2.36. The lowest BCUT2D eigenvalue weighted by atomic mass is 10.0. The van der Waals surface area contributed by atoms with Gasteiger partial charge in [0, 0.05) is 11.1 Å². The van der Waals surface area contributed by atoms with Crippen molar-refractivity contribution < 1.29 is 27.2 Å². The van der Waals surface area contributed by atoms with Crippen molar-refractivity contribution in [2.24, 2.45) is 5.73 Å². The van der Waals surface area contributed by atoms with Crippen LogP contribution in [0.4, 0.5) is 22.4 Å². The SMILES string of the molecule is Cc1cc(-c2nn3c(c2C(N)=O)CN(C(=O)NC(C)(C)C)CC3C(F)(F)F)ccc1F. The molecular weight excluding hydrogens is 418 g/mol. The van der Waals surface area contributed by atoms with Gasteiger partial charge >= 0.3 is 12.2 Å². The molecule has 0 saturated heterocycles. The summed E-state index contributed by atoms with van der Waals surface area (Å²) in [6.07, 6.45) is -4.74. The molecule has 0 saturated carbocycles. The molecule has 0 spiro atoms. The fourth-order valence-corrected chi connectivity index (χ4v) is 3.46. The first-order valence-corrected chi connectivity index (χ1v) is 9.50. The number of nitrogens with zero attached hydrogens (tertiary/aromatic N) is 3. The maximum atomic E-state index is 13.9. The molecule has 1 aromatic heterocycles. The second-order valence-electron chi connectivity index (χ2n) is 8.56. The molecule has 1 aliphatic heterocycles. The molecule has 1 aliphatic rings. The molecule has 168 valence electrons. The van der Waals surface area contributed by atoms with Gasteiger partial charge in [0.15, 0.2) is 6.04 Å². The van der Waals surface area contributed by atoms with E-state index in [1.165, 1.54) is 19.1 Å². The van der Waals surface area contributed by atoms with Crippen LogP contribution in [0.1, 0.15) is 48.4 Å². The Balaban J connectivity index is 2.17. The Morgan fingerprint density at radius 3 is 2.39 bits per heavy atom. The molecule has 1 aromatic carbocycles. The zero-order chi connectivity index (χ0) is 23.3. The molecule has 0 radical (unpaired) electrons. The number of urea groups is 1. The molecule has 2 aromatic rings. The number of nitrogens with two attached hydrogens (primary N) is 1. The number of amides is 3. The van der Waals surface area contributed by atoms with E-state index in [1.54, 1.807) is 20.8 Å². The van der Waals surface area contributed by atoms with E-state index < -0.39 is 42.1 Å². The van der Waals surface area contributed by atoms with E-state index in [2.05, 4.69) is 10.4 Å². The first-order valence-electron chi connectivity index (χ1n) is 9.50. The van der Waals surface area contributed by atoms with Gasteiger partial charge in [-0.2, -0.15) is 18.3 Å². The summed E-state index contributed by atoms with van der Waals surface area (Å²) in [5.74, 6) is -1.50. The summed E-state index contributed by atoms with van der Waals surface area (Å²) >= 11 is 0. The van der Waals surface area contributed by atoms with Crippen LogP contribution in [0.5, 0.6) is 0 Å².